The second-order valence-electron chi connectivity index (χ2n) is 7.18. The minimum absolute atomic E-state index is 0.0567. The fraction of sp³-hybridized carbons (Fsp3) is 0.526. The van der Waals surface area contributed by atoms with Gasteiger partial charge in [-0.05, 0) is 31.5 Å². The van der Waals surface area contributed by atoms with Gasteiger partial charge in [0.2, 0.25) is 0 Å². The third-order valence-electron chi connectivity index (χ3n) is 5.56. The van der Waals surface area contributed by atoms with Gasteiger partial charge in [-0.1, -0.05) is 0 Å². The Kier molecular flexibility index (Phi) is 4.96. The lowest BCUT2D eigenvalue weighted by Crippen LogP contribution is -2.47. The van der Waals surface area contributed by atoms with Crippen LogP contribution in [0.2, 0.25) is 0 Å². The van der Waals surface area contributed by atoms with E-state index in [-0.39, 0.29) is 11.6 Å². The first-order valence-corrected chi connectivity index (χ1v) is 9.21. The number of fused-ring (bicyclic) bond motifs is 1. The van der Waals surface area contributed by atoms with Crippen LogP contribution < -0.4 is 5.73 Å². The molecule has 1 fully saturated rings. The maximum absolute atomic E-state index is 14.1. The van der Waals surface area contributed by atoms with Gasteiger partial charge in [-0.2, -0.15) is 0 Å². The number of halogens is 3. The molecule has 1 saturated heterocycles. The maximum Gasteiger partial charge on any atom is 0.147 e. The molecule has 0 unspecified atom stereocenters. The van der Waals surface area contributed by atoms with E-state index in [0.717, 1.165) is 29.6 Å². The Hall–Kier alpha value is -1.90. The lowest BCUT2D eigenvalue weighted by molar-refractivity contribution is -0.0535. The number of hydrogen-bond acceptors (Lipinski definition) is 4. The number of hydrogen-bond donors (Lipinski definition) is 1. The van der Waals surface area contributed by atoms with Crippen LogP contribution in [0.4, 0.5) is 13.2 Å². The average Bonchev–Trinajstić information content (AvgIpc) is 3.21. The molecule has 3 atom stereocenters. The SMILES string of the molecule is CCn1c(CF)nc2c1CN([C@H]1CO[C@H](c3cc(F)ccc3F)[C@@H](N)C1)C2. The molecule has 3 heterocycles. The van der Waals surface area contributed by atoms with E-state index in [4.69, 9.17) is 10.5 Å². The number of rotatable bonds is 4. The zero-order valence-corrected chi connectivity index (χ0v) is 15.2. The summed E-state index contributed by atoms with van der Waals surface area (Å²) in [6, 6.07) is 2.95. The first-order chi connectivity index (χ1) is 13.0. The molecule has 0 radical (unpaired) electrons. The van der Waals surface area contributed by atoms with Crippen LogP contribution in [0.25, 0.3) is 0 Å². The van der Waals surface area contributed by atoms with Crippen LogP contribution in [-0.2, 0) is 31.0 Å². The average molecular weight is 380 g/mol. The standard InChI is InChI=1S/C19H23F3N4O/c1-2-26-17-9-25(8-16(17)24-18(26)7-20)12-6-15(23)19(27-10-12)13-5-11(21)3-4-14(13)22/h3-5,12,15,19H,2,6-10,23H2,1H3/t12-,15+,19-/m1/s1. The number of nitrogens with zero attached hydrogens (tertiary/aromatic N) is 3. The highest BCUT2D eigenvalue weighted by Gasteiger charge is 2.37. The van der Waals surface area contributed by atoms with Crippen molar-refractivity contribution in [2.75, 3.05) is 6.61 Å². The Morgan fingerprint density at radius 1 is 1.30 bits per heavy atom. The third-order valence-corrected chi connectivity index (χ3v) is 5.56. The molecule has 1 aromatic heterocycles. The van der Waals surface area contributed by atoms with E-state index in [2.05, 4.69) is 9.88 Å². The Morgan fingerprint density at radius 3 is 2.81 bits per heavy atom. The van der Waals surface area contributed by atoms with Crippen LogP contribution in [0.1, 0.15) is 42.2 Å². The minimum atomic E-state index is -0.664. The van der Waals surface area contributed by atoms with Gasteiger partial charge in [0.05, 0.1) is 18.0 Å². The number of ether oxygens (including phenoxy) is 1. The number of imidazole rings is 1. The summed E-state index contributed by atoms with van der Waals surface area (Å²) < 4.78 is 48.4. The quantitative estimate of drug-likeness (QED) is 0.886. The fourth-order valence-electron chi connectivity index (χ4n) is 4.22. The Morgan fingerprint density at radius 2 is 2.11 bits per heavy atom. The van der Waals surface area contributed by atoms with Crippen molar-refractivity contribution in [2.45, 2.75) is 57.8 Å². The highest BCUT2D eigenvalue weighted by atomic mass is 19.1. The molecule has 0 spiro atoms. The number of aromatic nitrogens is 2. The summed E-state index contributed by atoms with van der Waals surface area (Å²) in [7, 11) is 0. The van der Waals surface area contributed by atoms with Gasteiger partial charge in [-0.3, -0.25) is 4.90 Å². The van der Waals surface area contributed by atoms with Gasteiger partial charge >= 0.3 is 0 Å². The van der Waals surface area contributed by atoms with Crippen LogP contribution >= 0.6 is 0 Å². The third kappa shape index (κ3) is 3.26. The van der Waals surface area contributed by atoms with Crippen molar-refractivity contribution in [3.63, 3.8) is 0 Å². The molecule has 2 aliphatic heterocycles. The molecule has 0 aliphatic carbocycles. The molecule has 1 aromatic carbocycles. The van der Waals surface area contributed by atoms with Gasteiger partial charge < -0.3 is 15.0 Å². The van der Waals surface area contributed by atoms with Gasteiger partial charge in [0.25, 0.3) is 0 Å². The zero-order chi connectivity index (χ0) is 19.1. The van der Waals surface area contributed by atoms with Gasteiger partial charge in [0.15, 0.2) is 0 Å². The van der Waals surface area contributed by atoms with Crippen molar-refractivity contribution in [1.29, 1.82) is 0 Å². The Balaban J connectivity index is 1.46. The molecule has 2 aliphatic rings. The molecule has 2 aromatic rings. The van der Waals surface area contributed by atoms with Crippen molar-refractivity contribution in [2.24, 2.45) is 5.73 Å². The Labute approximate surface area is 155 Å². The molecule has 0 amide bonds. The van der Waals surface area contributed by atoms with Crippen LogP contribution in [0.15, 0.2) is 18.2 Å². The largest absolute Gasteiger partial charge is 0.370 e. The van der Waals surface area contributed by atoms with Gasteiger partial charge in [-0.25, -0.2) is 18.2 Å². The topological polar surface area (TPSA) is 56.3 Å². The first kappa shape index (κ1) is 18.5. The molecule has 8 heteroatoms. The van der Waals surface area contributed by atoms with Crippen LogP contribution in [0.5, 0.6) is 0 Å². The molecule has 27 heavy (non-hydrogen) atoms. The van der Waals surface area contributed by atoms with E-state index >= 15 is 0 Å². The van der Waals surface area contributed by atoms with E-state index in [0.29, 0.717) is 38.5 Å². The van der Waals surface area contributed by atoms with Crippen molar-refractivity contribution in [3.05, 3.63) is 52.6 Å². The van der Waals surface area contributed by atoms with Crippen molar-refractivity contribution >= 4 is 0 Å². The van der Waals surface area contributed by atoms with E-state index in [9.17, 15) is 13.2 Å². The summed E-state index contributed by atoms with van der Waals surface area (Å²) in [6.45, 7) is 3.74. The monoisotopic (exact) mass is 380 g/mol. The second kappa shape index (κ2) is 7.26. The van der Waals surface area contributed by atoms with E-state index in [1.165, 1.54) is 0 Å². The summed E-state index contributed by atoms with van der Waals surface area (Å²) >= 11 is 0. The highest BCUT2D eigenvalue weighted by molar-refractivity contribution is 5.24. The predicted molar refractivity (Wildman–Crippen MR) is 93.4 cm³/mol. The zero-order valence-electron chi connectivity index (χ0n) is 15.2. The smallest absolute Gasteiger partial charge is 0.147 e. The lowest BCUT2D eigenvalue weighted by Gasteiger charge is -2.38. The van der Waals surface area contributed by atoms with Crippen molar-refractivity contribution in [1.82, 2.24) is 14.5 Å². The molecule has 0 bridgehead atoms. The van der Waals surface area contributed by atoms with Crippen molar-refractivity contribution in [3.8, 4) is 0 Å². The van der Waals surface area contributed by atoms with Gasteiger partial charge in [-0.15, -0.1) is 0 Å². The van der Waals surface area contributed by atoms with E-state index < -0.39 is 30.5 Å². The van der Waals surface area contributed by atoms with E-state index in [1.54, 1.807) is 0 Å². The molecule has 4 rings (SSSR count). The van der Waals surface area contributed by atoms with Gasteiger partial charge in [0, 0.05) is 37.3 Å². The number of alkyl halides is 1. The molecular weight excluding hydrogens is 357 g/mol. The molecule has 5 nitrogen and oxygen atoms in total. The molecule has 146 valence electrons. The van der Waals surface area contributed by atoms with Crippen molar-refractivity contribution < 1.29 is 17.9 Å². The fourth-order valence-corrected chi connectivity index (χ4v) is 4.22. The summed E-state index contributed by atoms with van der Waals surface area (Å²) in [5, 5.41) is 0. The maximum atomic E-state index is 14.1. The lowest BCUT2D eigenvalue weighted by atomic mass is 9.93. The van der Waals surface area contributed by atoms with Gasteiger partial charge in [0.1, 0.15) is 30.2 Å². The predicted octanol–water partition coefficient (Wildman–Crippen LogP) is 2.82. The first-order valence-electron chi connectivity index (χ1n) is 9.21. The van der Waals surface area contributed by atoms with Crippen LogP contribution in [0.3, 0.4) is 0 Å². The summed E-state index contributed by atoms with van der Waals surface area (Å²) in [5.41, 5.74) is 8.36. The normalized spacial score (nSPS) is 25.7. The van der Waals surface area contributed by atoms with E-state index in [1.807, 2.05) is 11.5 Å². The number of benzene rings is 1. The summed E-state index contributed by atoms with van der Waals surface area (Å²) in [5.74, 6) is -0.546. The summed E-state index contributed by atoms with van der Waals surface area (Å²) in [4.78, 5) is 6.62. The summed E-state index contributed by atoms with van der Waals surface area (Å²) in [6.07, 6.45) is -0.0600. The number of nitrogens with two attached hydrogens (primary N) is 1. The highest BCUT2D eigenvalue weighted by Crippen LogP contribution is 2.34. The second-order valence-corrected chi connectivity index (χ2v) is 7.18. The minimum Gasteiger partial charge on any atom is -0.370 e. The molecular formula is C19H23F3N4O. The molecule has 0 saturated carbocycles. The molecule has 2 N–H and O–H groups in total. The van der Waals surface area contributed by atoms with Crippen LogP contribution in [0, 0.1) is 11.6 Å². The Bertz CT molecular complexity index is 841. The van der Waals surface area contributed by atoms with Crippen LogP contribution in [-0.4, -0.2) is 33.1 Å².